The number of anilines is 2. The zero-order valence-electron chi connectivity index (χ0n) is 25.7. The summed E-state index contributed by atoms with van der Waals surface area (Å²) in [6.07, 6.45) is 3.64. The Labute approximate surface area is 256 Å². The number of nitrogens with zero attached hydrogens (tertiary/aromatic N) is 5. The molecule has 13 heteroatoms. The molecule has 3 heterocycles. The van der Waals surface area contributed by atoms with E-state index in [1.807, 2.05) is 9.80 Å². The number of methoxy groups -OCH3 is 2. The SMILES string of the molecule is CCCCC(=O)N1CCN(c2nc(NC(=O)[C@@H]3CCCN3C(=O)C(C)CSC(C)=O)c3cc(OC)c(OC)cc3n2)CC1. The molecule has 234 valence electrons. The van der Waals surface area contributed by atoms with Gasteiger partial charge in [0, 0.05) is 69.2 Å². The number of likely N-dealkylation sites (tertiary alicyclic amines) is 1. The molecule has 0 aliphatic carbocycles. The molecule has 0 spiro atoms. The first kappa shape index (κ1) is 32.3. The lowest BCUT2D eigenvalue weighted by atomic mass is 10.1. The van der Waals surface area contributed by atoms with Crippen molar-refractivity contribution in [3.05, 3.63) is 12.1 Å². The minimum absolute atomic E-state index is 0.0432. The summed E-state index contributed by atoms with van der Waals surface area (Å²) in [7, 11) is 3.08. The Morgan fingerprint density at radius 1 is 1.05 bits per heavy atom. The van der Waals surface area contributed by atoms with Gasteiger partial charge in [-0.2, -0.15) is 4.98 Å². The van der Waals surface area contributed by atoms with E-state index in [9.17, 15) is 19.2 Å². The van der Waals surface area contributed by atoms with Gasteiger partial charge >= 0.3 is 0 Å². The smallest absolute Gasteiger partial charge is 0.248 e. The number of rotatable bonds is 11. The maximum atomic E-state index is 13.7. The molecule has 1 aromatic carbocycles. The third-order valence-corrected chi connectivity index (χ3v) is 8.96. The lowest BCUT2D eigenvalue weighted by molar-refractivity contribution is -0.139. The molecule has 2 atom stereocenters. The fourth-order valence-electron chi connectivity index (χ4n) is 5.42. The maximum absolute atomic E-state index is 13.7. The molecule has 2 aliphatic rings. The van der Waals surface area contributed by atoms with E-state index in [-0.39, 0.29) is 22.8 Å². The fraction of sp³-hybridized carbons (Fsp3) is 0.600. The van der Waals surface area contributed by atoms with Gasteiger partial charge in [0.25, 0.3) is 0 Å². The molecular formula is C30H42N6O6S. The van der Waals surface area contributed by atoms with Gasteiger partial charge in [-0.25, -0.2) is 4.98 Å². The number of fused-ring (bicyclic) bond motifs is 1. The second-order valence-electron chi connectivity index (χ2n) is 11.0. The van der Waals surface area contributed by atoms with Gasteiger partial charge in [-0.1, -0.05) is 32.0 Å². The molecule has 1 N–H and O–H groups in total. The van der Waals surface area contributed by atoms with Gasteiger partial charge in [-0.05, 0) is 25.3 Å². The Morgan fingerprint density at radius 3 is 2.40 bits per heavy atom. The van der Waals surface area contributed by atoms with Gasteiger partial charge in [0.1, 0.15) is 11.9 Å². The lowest BCUT2D eigenvalue weighted by Crippen LogP contribution is -2.49. The zero-order chi connectivity index (χ0) is 31.1. The minimum atomic E-state index is -0.649. The van der Waals surface area contributed by atoms with Crippen LogP contribution in [0.3, 0.4) is 0 Å². The quantitative estimate of drug-likeness (QED) is 0.402. The van der Waals surface area contributed by atoms with E-state index in [4.69, 9.17) is 19.4 Å². The summed E-state index contributed by atoms with van der Waals surface area (Å²) in [6.45, 7) is 8.07. The average Bonchev–Trinajstić information content (AvgIpc) is 3.51. The molecule has 2 saturated heterocycles. The first-order valence-electron chi connectivity index (χ1n) is 14.9. The predicted octanol–water partition coefficient (Wildman–Crippen LogP) is 3.33. The van der Waals surface area contributed by atoms with Gasteiger partial charge in [0.05, 0.1) is 19.7 Å². The van der Waals surface area contributed by atoms with Gasteiger partial charge in [0.15, 0.2) is 16.6 Å². The number of unbranched alkanes of at least 4 members (excludes halogenated alkanes) is 1. The van der Waals surface area contributed by atoms with Gasteiger partial charge in [0.2, 0.25) is 23.7 Å². The molecule has 4 rings (SSSR count). The number of carbonyl (C=O) groups is 4. The summed E-state index contributed by atoms with van der Waals surface area (Å²) in [4.78, 5) is 65.9. The van der Waals surface area contributed by atoms with Crippen molar-refractivity contribution in [2.45, 2.75) is 58.9 Å². The Hall–Kier alpha value is -3.61. The van der Waals surface area contributed by atoms with E-state index in [2.05, 4.69) is 12.2 Å². The van der Waals surface area contributed by atoms with Gasteiger partial charge < -0.3 is 29.5 Å². The second-order valence-corrected chi connectivity index (χ2v) is 12.1. The summed E-state index contributed by atoms with van der Waals surface area (Å²) >= 11 is 1.11. The number of ether oxygens (including phenoxy) is 2. The molecule has 2 aromatic rings. The number of piperazine rings is 1. The second kappa shape index (κ2) is 14.7. The van der Waals surface area contributed by atoms with Crippen molar-refractivity contribution in [1.29, 1.82) is 0 Å². The number of benzene rings is 1. The molecule has 0 saturated carbocycles. The van der Waals surface area contributed by atoms with Crippen LogP contribution in [0.1, 0.15) is 52.9 Å². The number of amides is 3. The van der Waals surface area contributed by atoms with Gasteiger partial charge in [-0.3, -0.25) is 19.2 Å². The first-order valence-corrected chi connectivity index (χ1v) is 15.9. The molecule has 3 amide bonds. The van der Waals surface area contributed by atoms with Crippen LogP contribution in [0, 0.1) is 5.92 Å². The van der Waals surface area contributed by atoms with Crippen LogP contribution in [0.4, 0.5) is 11.8 Å². The van der Waals surface area contributed by atoms with Crippen LogP contribution in [0.25, 0.3) is 10.9 Å². The van der Waals surface area contributed by atoms with Crippen molar-refractivity contribution in [1.82, 2.24) is 19.8 Å². The number of aromatic nitrogens is 2. The highest BCUT2D eigenvalue weighted by atomic mass is 32.2. The number of hydrogen-bond donors (Lipinski definition) is 1. The lowest BCUT2D eigenvalue weighted by Gasteiger charge is -2.35. The summed E-state index contributed by atoms with van der Waals surface area (Å²) < 4.78 is 11.0. The number of carbonyl (C=O) groups excluding carboxylic acids is 4. The third kappa shape index (κ3) is 7.67. The Balaban J connectivity index is 1.59. The zero-order valence-corrected chi connectivity index (χ0v) is 26.5. The van der Waals surface area contributed by atoms with E-state index in [1.54, 1.807) is 31.1 Å². The van der Waals surface area contributed by atoms with Crippen LogP contribution in [0.5, 0.6) is 11.5 Å². The predicted molar refractivity (Wildman–Crippen MR) is 167 cm³/mol. The van der Waals surface area contributed by atoms with Gasteiger partial charge in [-0.15, -0.1) is 0 Å². The highest BCUT2D eigenvalue weighted by Gasteiger charge is 2.36. The molecule has 43 heavy (non-hydrogen) atoms. The van der Waals surface area contributed by atoms with Crippen LogP contribution in [0.15, 0.2) is 12.1 Å². The molecule has 1 aromatic heterocycles. The van der Waals surface area contributed by atoms with Crippen molar-refractivity contribution in [3.8, 4) is 11.5 Å². The van der Waals surface area contributed by atoms with Crippen LogP contribution >= 0.6 is 11.8 Å². The van der Waals surface area contributed by atoms with Crippen molar-refractivity contribution in [2.75, 3.05) is 62.9 Å². The normalized spacial score (nSPS) is 17.6. The van der Waals surface area contributed by atoms with Crippen LogP contribution in [-0.4, -0.2) is 101 Å². The standard InChI is InChI=1S/C30H42N6O6S/c1-6-7-10-26(38)34-12-14-35(15-13-34)30-31-22-17-25(42-5)24(41-4)16-21(22)27(33-30)32-28(39)23-9-8-11-36(23)29(40)19(2)18-43-20(3)37/h16-17,19,23H,6-15,18H2,1-5H3,(H,31,32,33,39)/t19?,23-/m0/s1. The molecule has 2 fully saturated rings. The maximum Gasteiger partial charge on any atom is 0.248 e. The highest BCUT2D eigenvalue weighted by Crippen LogP contribution is 2.35. The van der Waals surface area contributed by atoms with E-state index in [0.717, 1.165) is 24.6 Å². The fourth-order valence-corrected chi connectivity index (χ4v) is 6.05. The highest BCUT2D eigenvalue weighted by molar-refractivity contribution is 8.13. The Kier molecular flexibility index (Phi) is 11.1. The minimum Gasteiger partial charge on any atom is -0.493 e. The molecular weight excluding hydrogens is 572 g/mol. The van der Waals surface area contributed by atoms with Crippen molar-refractivity contribution in [2.24, 2.45) is 5.92 Å². The van der Waals surface area contributed by atoms with E-state index in [1.165, 1.54) is 14.0 Å². The van der Waals surface area contributed by atoms with E-state index < -0.39 is 12.0 Å². The topological polar surface area (TPSA) is 134 Å². The number of thioether (sulfide) groups is 1. The first-order chi connectivity index (χ1) is 20.7. The van der Waals surface area contributed by atoms with Crippen LogP contribution in [0.2, 0.25) is 0 Å². The van der Waals surface area contributed by atoms with E-state index >= 15 is 0 Å². The summed E-state index contributed by atoms with van der Waals surface area (Å²) in [6, 6.07) is 2.83. The summed E-state index contributed by atoms with van der Waals surface area (Å²) in [5, 5.41) is 3.52. The van der Waals surface area contributed by atoms with Crippen LogP contribution in [-0.2, 0) is 19.2 Å². The van der Waals surface area contributed by atoms with Crippen molar-refractivity contribution >= 4 is 57.3 Å². The summed E-state index contributed by atoms with van der Waals surface area (Å²) in [5.41, 5.74) is 0.564. The molecule has 1 unspecified atom stereocenters. The Morgan fingerprint density at radius 2 is 1.74 bits per heavy atom. The Bertz CT molecular complexity index is 1350. The average molecular weight is 615 g/mol. The van der Waals surface area contributed by atoms with Crippen molar-refractivity contribution in [3.63, 3.8) is 0 Å². The van der Waals surface area contributed by atoms with Crippen molar-refractivity contribution < 1.29 is 28.7 Å². The molecule has 2 aliphatic heterocycles. The molecule has 0 radical (unpaired) electrons. The molecule has 0 bridgehead atoms. The third-order valence-electron chi connectivity index (χ3n) is 7.89. The van der Waals surface area contributed by atoms with Crippen LogP contribution < -0.4 is 19.7 Å². The summed E-state index contributed by atoms with van der Waals surface area (Å²) in [5.74, 6) is 1.38. The largest absolute Gasteiger partial charge is 0.493 e. The number of nitrogens with one attached hydrogen (secondary N) is 1. The monoisotopic (exact) mass is 614 g/mol. The van der Waals surface area contributed by atoms with E-state index in [0.29, 0.717) is 91.9 Å². The number of hydrogen-bond acceptors (Lipinski definition) is 10. The molecule has 12 nitrogen and oxygen atoms in total.